The van der Waals surface area contributed by atoms with Gasteiger partial charge in [-0.05, 0) is 43.5 Å². The number of amides is 1. The Morgan fingerprint density at radius 1 is 1.21 bits per heavy atom. The van der Waals surface area contributed by atoms with E-state index in [1.807, 2.05) is 35.9 Å². The van der Waals surface area contributed by atoms with Crippen LogP contribution in [0.5, 0.6) is 5.75 Å². The highest BCUT2D eigenvalue weighted by Crippen LogP contribution is 2.31. The van der Waals surface area contributed by atoms with Crippen LogP contribution in [0.15, 0.2) is 42.6 Å². The van der Waals surface area contributed by atoms with E-state index >= 15 is 0 Å². The van der Waals surface area contributed by atoms with E-state index in [1.165, 1.54) is 18.9 Å². The van der Waals surface area contributed by atoms with Gasteiger partial charge in [0.2, 0.25) is 0 Å². The van der Waals surface area contributed by atoms with Crippen LogP contribution in [0.1, 0.15) is 44.2 Å². The van der Waals surface area contributed by atoms with Gasteiger partial charge in [-0.15, -0.1) is 0 Å². The van der Waals surface area contributed by atoms with Crippen LogP contribution in [0.3, 0.4) is 0 Å². The minimum Gasteiger partial charge on any atom is -0.494 e. The molecule has 1 amide bonds. The molecule has 1 aliphatic carbocycles. The summed E-state index contributed by atoms with van der Waals surface area (Å²) in [5.41, 5.74) is 0.838. The Morgan fingerprint density at radius 2 is 1.96 bits per heavy atom. The van der Waals surface area contributed by atoms with Crippen molar-refractivity contribution in [1.29, 1.82) is 0 Å². The predicted octanol–water partition coefficient (Wildman–Crippen LogP) is 3.59. The second-order valence-corrected chi connectivity index (χ2v) is 6.59. The van der Waals surface area contributed by atoms with E-state index in [0.717, 1.165) is 24.2 Å². The zero-order chi connectivity index (χ0) is 19.8. The highest BCUT2D eigenvalue weighted by molar-refractivity contribution is 5.94. The van der Waals surface area contributed by atoms with Gasteiger partial charge in [0, 0.05) is 12.1 Å². The SMILES string of the molecule is CCOc1ccc(/C=C/C(=O)OCC(=O)Nc2ccnn2C2CCCC2)cc1. The maximum Gasteiger partial charge on any atom is 0.331 e. The number of esters is 1. The van der Waals surface area contributed by atoms with Gasteiger partial charge in [0.05, 0.1) is 18.8 Å². The molecule has 1 aliphatic rings. The molecule has 0 bridgehead atoms. The molecule has 7 nitrogen and oxygen atoms in total. The average molecular weight is 383 g/mol. The first kappa shape index (κ1) is 19.7. The number of anilines is 1. The number of carbonyl (C=O) groups is 2. The molecule has 0 radical (unpaired) electrons. The van der Waals surface area contributed by atoms with E-state index in [-0.39, 0.29) is 12.5 Å². The molecule has 1 N–H and O–H groups in total. The lowest BCUT2D eigenvalue weighted by Gasteiger charge is -2.14. The number of aromatic nitrogens is 2. The first-order chi connectivity index (χ1) is 13.7. The molecular weight excluding hydrogens is 358 g/mol. The van der Waals surface area contributed by atoms with Crippen molar-refractivity contribution in [3.63, 3.8) is 0 Å². The topological polar surface area (TPSA) is 82.4 Å². The number of benzene rings is 1. The summed E-state index contributed by atoms with van der Waals surface area (Å²) in [5.74, 6) is 0.449. The molecule has 0 unspecified atom stereocenters. The van der Waals surface area contributed by atoms with Crippen molar-refractivity contribution >= 4 is 23.8 Å². The molecule has 1 aromatic carbocycles. The molecule has 148 valence electrons. The van der Waals surface area contributed by atoms with E-state index in [9.17, 15) is 9.59 Å². The van der Waals surface area contributed by atoms with E-state index < -0.39 is 5.97 Å². The molecule has 1 aromatic heterocycles. The van der Waals surface area contributed by atoms with Crippen LogP contribution in [0.2, 0.25) is 0 Å². The fraction of sp³-hybridized carbons (Fsp3) is 0.381. The molecule has 1 heterocycles. The van der Waals surface area contributed by atoms with Gasteiger partial charge in [0.1, 0.15) is 11.6 Å². The molecule has 3 rings (SSSR count). The monoisotopic (exact) mass is 383 g/mol. The van der Waals surface area contributed by atoms with Crippen molar-refractivity contribution in [3.05, 3.63) is 48.2 Å². The minimum absolute atomic E-state index is 0.324. The maximum absolute atomic E-state index is 12.1. The first-order valence-electron chi connectivity index (χ1n) is 9.57. The van der Waals surface area contributed by atoms with Gasteiger partial charge in [0.25, 0.3) is 5.91 Å². The quantitative estimate of drug-likeness (QED) is 0.556. The third kappa shape index (κ3) is 5.45. The Hall–Kier alpha value is -3.09. The number of nitrogens with zero attached hydrogens (tertiary/aromatic N) is 2. The zero-order valence-electron chi connectivity index (χ0n) is 16.0. The molecule has 0 aliphatic heterocycles. The van der Waals surface area contributed by atoms with Crippen LogP contribution in [-0.4, -0.2) is 34.9 Å². The Labute approximate surface area is 164 Å². The van der Waals surface area contributed by atoms with Crippen LogP contribution >= 0.6 is 0 Å². The normalized spacial score (nSPS) is 14.3. The summed E-state index contributed by atoms with van der Waals surface area (Å²) in [5, 5.41) is 7.06. The molecular formula is C21H25N3O4. The Balaban J connectivity index is 1.45. The maximum atomic E-state index is 12.1. The standard InChI is InChI=1S/C21H25N3O4/c1-2-27-18-10-7-16(8-11-18)9-12-21(26)28-15-20(25)23-19-13-14-22-24(19)17-5-3-4-6-17/h7-14,17H,2-6,15H2,1H3,(H,23,25)/b12-9+. The van der Waals surface area contributed by atoms with Gasteiger partial charge in [-0.25, -0.2) is 9.48 Å². The number of ether oxygens (including phenoxy) is 2. The molecule has 1 fully saturated rings. The fourth-order valence-electron chi connectivity index (χ4n) is 3.22. The van der Waals surface area contributed by atoms with Gasteiger partial charge in [0.15, 0.2) is 6.61 Å². The third-order valence-electron chi connectivity index (χ3n) is 4.56. The first-order valence-corrected chi connectivity index (χ1v) is 9.57. The van der Waals surface area contributed by atoms with Gasteiger partial charge >= 0.3 is 5.97 Å². The van der Waals surface area contributed by atoms with Gasteiger partial charge in [-0.3, -0.25) is 4.79 Å². The second kappa shape index (κ2) is 9.73. The lowest BCUT2D eigenvalue weighted by atomic mass is 10.2. The summed E-state index contributed by atoms with van der Waals surface area (Å²) in [6.45, 7) is 2.18. The summed E-state index contributed by atoms with van der Waals surface area (Å²) >= 11 is 0. The number of nitrogens with one attached hydrogen (secondary N) is 1. The van der Waals surface area contributed by atoms with E-state index in [2.05, 4.69) is 10.4 Å². The van der Waals surface area contributed by atoms with E-state index in [4.69, 9.17) is 9.47 Å². The highest BCUT2D eigenvalue weighted by atomic mass is 16.5. The molecule has 0 saturated heterocycles. The molecule has 0 spiro atoms. The van der Waals surface area contributed by atoms with E-state index in [0.29, 0.717) is 18.5 Å². The smallest absolute Gasteiger partial charge is 0.331 e. The van der Waals surface area contributed by atoms with Crippen LogP contribution in [0.4, 0.5) is 5.82 Å². The number of hydrogen-bond donors (Lipinski definition) is 1. The second-order valence-electron chi connectivity index (χ2n) is 6.59. The van der Waals surface area contributed by atoms with Crippen molar-refractivity contribution in [2.45, 2.75) is 38.6 Å². The summed E-state index contributed by atoms with van der Waals surface area (Å²) < 4.78 is 12.2. The Kier molecular flexibility index (Phi) is 6.84. The van der Waals surface area contributed by atoms with Crippen LogP contribution in [-0.2, 0) is 14.3 Å². The lowest BCUT2D eigenvalue weighted by Crippen LogP contribution is -2.22. The fourth-order valence-corrected chi connectivity index (χ4v) is 3.22. The number of carbonyl (C=O) groups excluding carboxylic acids is 2. The third-order valence-corrected chi connectivity index (χ3v) is 4.56. The van der Waals surface area contributed by atoms with Gasteiger partial charge in [-0.2, -0.15) is 5.10 Å². The largest absolute Gasteiger partial charge is 0.494 e. The highest BCUT2D eigenvalue weighted by Gasteiger charge is 2.20. The number of rotatable bonds is 8. The van der Waals surface area contributed by atoms with E-state index in [1.54, 1.807) is 18.3 Å². The Morgan fingerprint density at radius 3 is 2.68 bits per heavy atom. The summed E-state index contributed by atoms with van der Waals surface area (Å²) in [7, 11) is 0. The summed E-state index contributed by atoms with van der Waals surface area (Å²) in [6, 6.07) is 9.41. The van der Waals surface area contributed by atoms with Gasteiger partial charge < -0.3 is 14.8 Å². The summed E-state index contributed by atoms with van der Waals surface area (Å²) in [4.78, 5) is 23.9. The zero-order valence-corrected chi connectivity index (χ0v) is 16.0. The average Bonchev–Trinajstić information content (AvgIpc) is 3.37. The lowest BCUT2D eigenvalue weighted by molar-refractivity contribution is -0.142. The molecule has 1 saturated carbocycles. The summed E-state index contributed by atoms with van der Waals surface area (Å²) in [6.07, 6.45) is 9.08. The molecule has 0 atom stereocenters. The van der Waals surface area contributed by atoms with Crippen molar-refractivity contribution < 1.29 is 19.1 Å². The van der Waals surface area contributed by atoms with Crippen LogP contribution in [0.25, 0.3) is 6.08 Å². The van der Waals surface area contributed by atoms with Crippen molar-refractivity contribution in [2.75, 3.05) is 18.5 Å². The molecule has 7 heteroatoms. The molecule has 28 heavy (non-hydrogen) atoms. The Bertz CT molecular complexity index is 820. The van der Waals surface area contributed by atoms with Gasteiger partial charge in [-0.1, -0.05) is 25.0 Å². The number of hydrogen-bond acceptors (Lipinski definition) is 5. The predicted molar refractivity (Wildman–Crippen MR) is 106 cm³/mol. The van der Waals surface area contributed by atoms with Crippen molar-refractivity contribution in [2.24, 2.45) is 0 Å². The van der Waals surface area contributed by atoms with Crippen molar-refractivity contribution in [1.82, 2.24) is 9.78 Å². The van der Waals surface area contributed by atoms with Crippen molar-refractivity contribution in [3.8, 4) is 5.75 Å². The molecule has 2 aromatic rings. The van der Waals surface area contributed by atoms with Crippen LogP contribution in [0, 0.1) is 0 Å². The van der Waals surface area contributed by atoms with Crippen LogP contribution < -0.4 is 10.1 Å². The minimum atomic E-state index is -0.576.